The van der Waals surface area contributed by atoms with E-state index in [9.17, 15) is 0 Å². The summed E-state index contributed by atoms with van der Waals surface area (Å²) in [4.78, 5) is 0. The first-order chi connectivity index (χ1) is 6.83. The summed E-state index contributed by atoms with van der Waals surface area (Å²) < 4.78 is 2.45. The summed E-state index contributed by atoms with van der Waals surface area (Å²) in [6.07, 6.45) is 4.86. The highest BCUT2D eigenvalue weighted by Gasteiger charge is 2.26. The fraction of sp³-hybridized carbons (Fsp3) is 0.462. The van der Waals surface area contributed by atoms with Crippen LogP contribution in [0.5, 0.6) is 0 Å². The van der Waals surface area contributed by atoms with Crippen molar-refractivity contribution in [2.75, 3.05) is 6.54 Å². The second kappa shape index (κ2) is 3.95. The van der Waals surface area contributed by atoms with E-state index in [0.717, 1.165) is 0 Å². The molecule has 1 aromatic rings. The molecule has 1 unspecified atom stereocenters. The Morgan fingerprint density at radius 3 is 2.79 bits per heavy atom. The SMILES string of the molecule is CCCC[N+]1=Cc2ccccc2C1C. The lowest BCUT2D eigenvalue weighted by Gasteiger charge is -2.05. The maximum atomic E-state index is 2.45. The fourth-order valence-electron chi connectivity index (χ4n) is 2.08. The number of hydrogen-bond donors (Lipinski definition) is 0. The van der Waals surface area contributed by atoms with Crippen LogP contribution in [-0.4, -0.2) is 17.3 Å². The molecule has 0 saturated heterocycles. The monoisotopic (exact) mass is 188 g/mol. The van der Waals surface area contributed by atoms with Gasteiger partial charge in [0.2, 0.25) is 0 Å². The minimum absolute atomic E-state index is 0.567. The van der Waals surface area contributed by atoms with Gasteiger partial charge in [-0.05, 0) is 6.07 Å². The summed E-state index contributed by atoms with van der Waals surface area (Å²) in [5.41, 5.74) is 2.87. The first kappa shape index (κ1) is 9.45. The first-order valence-corrected chi connectivity index (χ1v) is 5.52. The lowest BCUT2D eigenvalue weighted by molar-refractivity contribution is -0.560. The van der Waals surface area contributed by atoms with Gasteiger partial charge >= 0.3 is 0 Å². The van der Waals surface area contributed by atoms with E-state index in [4.69, 9.17) is 0 Å². The molecule has 0 amide bonds. The topological polar surface area (TPSA) is 3.01 Å². The molecule has 0 aliphatic carbocycles. The van der Waals surface area contributed by atoms with Gasteiger partial charge in [0.1, 0.15) is 6.54 Å². The van der Waals surface area contributed by atoms with Gasteiger partial charge in [0.25, 0.3) is 0 Å². The van der Waals surface area contributed by atoms with E-state index in [2.05, 4.69) is 48.9 Å². The number of hydrogen-bond acceptors (Lipinski definition) is 0. The average molecular weight is 188 g/mol. The lowest BCUT2D eigenvalue weighted by atomic mass is 10.1. The van der Waals surface area contributed by atoms with Crippen LogP contribution in [0.2, 0.25) is 0 Å². The molecule has 1 aliphatic rings. The zero-order valence-corrected chi connectivity index (χ0v) is 9.03. The summed E-state index contributed by atoms with van der Waals surface area (Å²) >= 11 is 0. The Morgan fingerprint density at radius 1 is 1.29 bits per heavy atom. The first-order valence-electron chi connectivity index (χ1n) is 5.52. The Kier molecular flexibility index (Phi) is 2.67. The van der Waals surface area contributed by atoms with Crippen LogP contribution in [-0.2, 0) is 0 Å². The van der Waals surface area contributed by atoms with Crippen molar-refractivity contribution in [2.45, 2.75) is 32.7 Å². The Morgan fingerprint density at radius 2 is 2.07 bits per heavy atom. The van der Waals surface area contributed by atoms with Crippen molar-refractivity contribution >= 4 is 6.21 Å². The van der Waals surface area contributed by atoms with Gasteiger partial charge in [-0.3, -0.25) is 0 Å². The van der Waals surface area contributed by atoms with Crippen LogP contribution in [0.1, 0.15) is 43.9 Å². The minimum atomic E-state index is 0.567. The number of fused-ring (bicyclic) bond motifs is 1. The number of nitrogens with zero attached hydrogens (tertiary/aromatic N) is 1. The molecule has 1 aromatic carbocycles. The van der Waals surface area contributed by atoms with Crippen molar-refractivity contribution in [1.29, 1.82) is 0 Å². The molecule has 0 bridgehead atoms. The fourth-order valence-corrected chi connectivity index (χ4v) is 2.08. The third-order valence-corrected chi connectivity index (χ3v) is 3.02. The highest BCUT2D eigenvalue weighted by molar-refractivity contribution is 5.80. The number of benzene rings is 1. The Labute approximate surface area is 86.1 Å². The minimum Gasteiger partial charge on any atom is -0.229 e. The summed E-state index contributed by atoms with van der Waals surface area (Å²) in [5, 5.41) is 0. The molecule has 2 rings (SSSR count). The number of rotatable bonds is 3. The standard InChI is InChI=1S/C13H18N/c1-3-4-9-14-10-12-7-5-6-8-13(12)11(14)2/h5-8,10-11H,3-4,9H2,1-2H3/q+1. The van der Waals surface area contributed by atoms with Crippen LogP contribution in [0.3, 0.4) is 0 Å². The van der Waals surface area contributed by atoms with Crippen molar-refractivity contribution in [3.05, 3.63) is 35.4 Å². The number of unbranched alkanes of at least 4 members (excludes halogenated alkanes) is 1. The molecule has 14 heavy (non-hydrogen) atoms. The molecular formula is C13H18N+. The maximum Gasteiger partial charge on any atom is 0.176 e. The zero-order valence-electron chi connectivity index (χ0n) is 9.03. The Bertz CT molecular complexity index is 352. The molecule has 0 saturated carbocycles. The molecule has 0 spiro atoms. The molecule has 1 nitrogen and oxygen atoms in total. The Balaban J connectivity index is 2.19. The van der Waals surface area contributed by atoms with Gasteiger partial charge in [0.15, 0.2) is 12.3 Å². The molecule has 0 radical (unpaired) electrons. The highest BCUT2D eigenvalue weighted by Crippen LogP contribution is 2.25. The molecule has 1 heterocycles. The lowest BCUT2D eigenvalue weighted by Crippen LogP contribution is -2.13. The van der Waals surface area contributed by atoms with Crippen LogP contribution in [0.4, 0.5) is 0 Å². The molecule has 1 atom stereocenters. The molecule has 0 aromatic heterocycles. The molecule has 1 aliphatic heterocycles. The molecule has 74 valence electrons. The van der Waals surface area contributed by atoms with Crippen molar-refractivity contribution in [1.82, 2.24) is 0 Å². The molecule has 1 heteroatoms. The highest BCUT2D eigenvalue weighted by atomic mass is 15.0. The predicted octanol–water partition coefficient (Wildman–Crippen LogP) is 2.99. The van der Waals surface area contributed by atoms with Gasteiger partial charge in [-0.15, -0.1) is 0 Å². The van der Waals surface area contributed by atoms with Crippen molar-refractivity contribution in [3.63, 3.8) is 0 Å². The van der Waals surface area contributed by atoms with E-state index in [1.54, 1.807) is 0 Å². The second-order valence-electron chi connectivity index (χ2n) is 4.03. The van der Waals surface area contributed by atoms with Gasteiger partial charge in [0, 0.05) is 24.5 Å². The summed E-state index contributed by atoms with van der Waals surface area (Å²) in [6.45, 7) is 5.72. The average Bonchev–Trinajstić information content (AvgIpc) is 2.54. The van der Waals surface area contributed by atoms with E-state index in [0.29, 0.717) is 6.04 Å². The largest absolute Gasteiger partial charge is 0.229 e. The molecule has 0 fully saturated rings. The summed E-state index contributed by atoms with van der Waals surface area (Å²) in [7, 11) is 0. The van der Waals surface area contributed by atoms with Crippen LogP contribution in [0.15, 0.2) is 24.3 Å². The van der Waals surface area contributed by atoms with Crippen LogP contribution in [0, 0.1) is 0 Å². The van der Waals surface area contributed by atoms with E-state index in [1.807, 2.05) is 0 Å². The van der Waals surface area contributed by atoms with E-state index < -0.39 is 0 Å². The quantitative estimate of drug-likeness (QED) is 0.641. The van der Waals surface area contributed by atoms with Crippen LogP contribution in [0.25, 0.3) is 0 Å². The van der Waals surface area contributed by atoms with E-state index in [-0.39, 0.29) is 0 Å². The van der Waals surface area contributed by atoms with E-state index in [1.165, 1.54) is 30.5 Å². The zero-order chi connectivity index (χ0) is 9.97. The van der Waals surface area contributed by atoms with Crippen molar-refractivity contribution in [2.24, 2.45) is 0 Å². The predicted molar refractivity (Wildman–Crippen MR) is 60.1 cm³/mol. The van der Waals surface area contributed by atoms with E-state index >= 15 is 0 Å². The molecule has 0 N–H and O–H groups in total. The normalized spacial score (nSPS) is 19.3. The third-order valence-electron chi connectivity index (χ3n) is 3.02. The van der Waals surface area contributed by atoms with Crippen LogP contribution < -0.4 is 0 Å². The van der Waals surface area contributed by atoms with Gasteiger partial charge < -0.3 is 0 Å². The van der Waals surface area contributed by atoms with Gasteiger partial charge in [-0.1, -0.05) is 31.5 Å². The van der Waals surface area contributed by atoms with Gasteiger partial charge in [0.05, 0.1) is 0 Å². The summed E-state index contributed by atoms with van der Waals surface area (Å²) in [6, 6.07) is 9.26. The summed E-state index contributed by atoms with van der Waals surface area (Å²) in [5.74, 6) is 0. The smallest absolute Gasteiger partial charge is 0.176 e. The van der Waals surface area contributed by atoms with Crippen molar-refractivity contribution < 1.29 is 4.58 Å². The van der Waals surface area contributed by atoms with Crippen molar-refractivity contribution in [3.8, 4) is 0 Å². The van der Waals surface area contributed by atoms with Gasteiger partial charge in [-0.2, -0.15) is 0 Å². The third kappa shape index (κ3) is 1.59. The maximum absolute atomic E-state index is 2.45. The van der Waals surface area contributed by atoms with Gasteiger partial charge in [-0.25, -0.2) is 4.58 Å². The van der Waals surface area contributed by atoms with Crippen LogP contribution >= 0.6 is 0 Å². The Hall–Kier alpha value is -1.11. The molecular weight excluding hydrogens is 170 g/mol. The second-order valence-corrected chi connectivity index (χ2v) is 4.03.